The normalized spacial score (nSPS) is 15.7. The van der Waals surface area contributed by atoms with E-state index in [-0.39, 0.29) is 22.3 Å². The molecule has 0 spiro atoms. The molecule has 144 valence electrons. The quantitative estimate of drug-likeness (QED) is 0.695. The zero-order valence-electron chi connectivity index (χ0n) is 14.7. The lowest BCUT2D eigenvalue weighted by Gasteiger charge is -2.34. The maximum atomic E-state index is 13.0. The van der Waals surface area contributed by atoms with E-state index in [2.05, 4.69) is 27.0 Å². The van der Waals surface area contributed by atoms with Gasteiger partial charge in [0.1, 0.15) is 0 Å². The number of rotatable bonds is 3. The van der Waals surface area contributed by atoms with Crippen molar-refractivity contribution >= 4 is 50.4 Å². The Morgan fingerprint density at radius 3 is 2.52 bits per heavy atom. The lowest BCUT2D eigenvalue weighted by Crippen LogP contribution is -2.44. The van der Waals surface area contributed by atoms with Crippen LogP contribution >= 0.6 is 24.0 Å². The number of nitrogens with one attached hydrogen (secondary N) is 1. The Balaban J connectivity index is 0.00000210. The summed E-state index contributed by atoms with van der Waals surface area (Å²) in [6.45, 7) is 3.79. The van der Waals surface area contributed by atoms with E-state index in [0.717, 1.165) is 31.9 Å². The van der Waals surface area contributed by atoms with Gasteiger partial charge in [-0.3, -0.25) is 5.10 Å². The second-order valence-electron chi connectivity index (χ2n) is 6.51. The molecule has 27 heavy (non-hydrogen) atoms. The van der Waals surface area contributed by atoms with Gasteiger partial charge in [0.25, 0.3) is 0 Å². The van der Waals surface area contributed by atoms with Crippen LogP contribution in [0.4, 0.5) is 5.69 Å². The molecule has 0 saturated carbocycles. The molecule has 9 heteroatoms. The first-order valence-electron chi connectivity index (χ1n) is 8.37. The summed E-state index contributed by atoms with van der Waals surface area (Å²) in [6.07, 6.45) is 0. The second-order valence-corrected chi connectivity index (χ2v) is 8.83. The molecule has 2 heterocycles. The number of hydrogen-bond donors (Lipinski definition) is 1. The number of anilines is 1. The van der Waals surface area contributed by atoms with Crippen LogP contribution in [-0.2, 0) is 9.84 Å². The number of piperazine rings is 1. The van der Waals surface area contributed by atoms with Gasteiger partial charge in [0.15, 0.2) is 5.03 Å². The summed E-state index contributed by atoms with van der Waals surface area (Å²) in [4.78, 5) is 4.70. The number of fused-ring (bicyclic) bond motifs is 1. The molecule has 1 aliphatic heterocycles. The summed E-state index contributed by atoms with van der Waals surface area (Å²) < 4.78 is 26.1. The van der Waals surface area contributed by atoms with Gasteiger partial charge < -0.3 is 9.80 Å². The van der Waals surface area contributed by atoms with E-state index < -0.39 is 9.84 Å². The number of H-pyrrole nitrogens is 1. The fourth-order valence-corrected chi connectivity index (χ4v) is 4.84. The van der Waals surface area contributed by atoms with Crippen LogP contribution in [0.15, 0.2) is 52.4 Å². The van der Waals surface area contributed by atoms with Crippen molar-refractivity contribution in [3.05, 3.63) is 47.5 Å². The number of nitrogens with zero attached hydrogens (tertiary/aromatic N) is 3. The molecule has 4 rings (SSSR count). The van der Waals surface area contributed by atoms with Gasteiger partial charge in [0.2, 0.25) is 9.84 Å². The summed E-state index contributed by atoms with van der Waals surface area (Å²) in [5.74, 6) is 0. The number of sulfone groups is 1. The molecular formula is C18H20Cl2N4O2S. The van der Waals surface area contributed by atoms with Crippen LogP contribution in [0.1, 0.15) is 0 Å². The maximum absolute atomic E-state index is 13.0. The van der Waals surface area contributed by atoms with Gasteiger partial charge in [0.05, 0.1) is 10.4 Å². The Kier molecular flexibility index (Phi) is 5.67. The molecule has 0 aliphatic carbocycles. The van der Waals surface area contributed by atoms with Gasteiger partial charge in [0, 0.05) is 42.3 Å². The number of benzene rings is 2. The molecule has 1 fully saturated rings. The third-order valence-electron chi connectivity index (χ3n) is 4.75. The smallest absolute Gasteiger partial charge is 0.223 e. The highest BCUT2D eigenvalue weighted by Gasteiger charge is 2.24. The predicted octanol–water partition coefficient (Wildman–Crippen LogP) is 3.22. The SMILES string of the molecule is CN1CCN(c2ccc3n[nH]c(S(=O)(=O)c4cccc(Cl)c4)c3c2)CC1.Cl. The minimum Gasteiger partial charge on any atom is -0.369 e. The van der Waals surface area contributed by atoms with Crippen molar-refractivity contribution < 1.29 is 8.42 Å². The van der Waals surface area contributed by atoms with Gasteiger partial charge in [-0.15, -0.1) is 12.4 Å². The third kappa shape index (κ3) is 3.78. The number of hydrogen-bond acceptors (Lipinski definition) is 5. The van der Waals surface area contributed by atoms with Crippen LogP contribution in [0.5, 0.6) is 0 Å². The number of halogens is 2. The minimum atomic E-state index is -3.73. The average molecular weight is 427 g/mol. The molecule has 3 aromatic rings. The summed E-state index contributed by atoms with van der Waals surface area (Å²) >= 11 is 5.97. The van der Waals surface area contributed by atoms with Crippen molar-refractivity contribution in [2.75, 3.05) is 38.1 Å². The van der Waals surface area contributed by atoms with Crippen LogP contribution in [0.3, 0.4) is 0 Å². The van der Waals surface area contributed by atoms with Crippen LogP contribution in [0.25, 0.3) is 10.9 Å². The molecule has 1 N–H and O–H groups in total. The predicted molar refractivity (Wildman–Crippen MR) is 110 cm³/mol. The zero-order valence-corrected chi connectivity index (χ0v) is 17.1. The van der Waals surface area contributed by atoms with Crippen LogP contribution in [0.2, 0.25) is 5.02 Å². The minimum absolute atomic E-state index is 0. The Morgan fingerprint density at radius 1 is 1.07 bits per heavy atom. The maximum Gasteiger partial charge on any atom is 0.223 e. The molecule has 1 aromatic heterocycles. The Bertz CT molecular complexity index is 1060. The van der Waals surface area contributed by atoms with Crippen molar-refractivity contribution in [3.8, 4) is 0 Å². The highest BCUT2D eigenvalue weighted by atomic mass is 35.5. The second kappa shape index (κ2) is 7.67. The van der Waals surface area contributed by atoms with Gasteiger partial charge in [-0.05, 0) is 43.4 Å². The molecule has 0 radical (unpaired) electrons. The van der Waals surface area contributed by atoms with E-state index in [0.29, 0.717) is 15.9 Å². The van der Waals surface area contributed by atoms with Crippen molar-refractivity contribution in [2.24, 2.45) is 0 Å². The molecule has 0 unspecified atom stereocenters. The van der Waals surface area contributed by atoms with Gasteiger partial charge in [-0.25, -0.2) is 8.42 Å². The standard InChI is InChI=1S/C18H19ClN4O2S.ClH/c1-22-7-9-23(10-8-22)14-5-6-17-16(12-14)18(21-20-17)26(24,25)15-4-2-3-13(19)11-15;/h2-6,11-12H,7-10H2,1H3,(H,20,21);1H. The lowest BCUT2D eigenvalue weighted by molar-refractivity contribution is 0.313. The Labute approximate surface area is 169 Å². The monoisotopic (exact) mass is 426 g/mol. The zero-order chi connectivity index (χ0) is 18.3. The van der Waals surface area contributed by atoms with Crippen LogP contribution < -0.4 is 4.90 Å². The summed E-state index contributed by atoms with van der Waals surface area (Å²) in [7, 11) is -1.63. The van der Waals surface area contributed by atoms with Crippen molar-refractivity contribution in [1.29, 1.82) is 0 Å². The number of aromatic nitrogens is 2. The van der Waals surface area contributed by atoms with Gasteiger partial charge in [-0.2, -0.15) is 5.10 Å². The Morgan fingerprint density at radius 2 is 1.81 bits per heavy atom. The Hall–Kier alpha value is -1.80. The highest BCUT2D eigenvalue weighted by Crippen LogP contribution is 2.30. The van der Waals surface area contributed by atoms with E-state index in [1.54, 1.807) is 12.1 Å². The molecule has 0 atom stereocenters. The molecule has 0 amide bonds. The first kappa shape index (κ1) is 19.9. The van der Waals surface area contributed by atoms with E-state index >= 15 is 0 Å². The third-order valence-corrected chi connectivity index (χ3v) is 6.70. The fourth-order valence-electron chi connectivity index (χ4n) is 3.19. The summed E-state index contributed by atoms with van der Waals surface area (Å²) in [5.41, 5.74) is 1.64. The van der Waals surface area contributed by atoms with E-state index in [4.69, 9.17) is 11.6 Å². The molecule has 2 aromatic carbocycles. The summed E-state index contributed by atoms with van der Waals surface area (Å²) in [5, 5.41) is 7.95. The van der Waals surface area contributed by atoms with Gasteiger partial charge in [-0.1, -0.05) is 17.7 Å². The fraction of sp³-hybridized carbons (Fsp3) is 0.278. The lowest BCUT2D eigenvalue weighted by atomic mass is 10.2. The molecule has 1 saturated heterocycles. The molecule has 1 aliphatic rings. The number of aromatic amines is 1. The van der Waals surface area contributed by atoms with Crippen LogP contribution in [0, 0.1) is 0 Å². The van der Waals surface area contributed by atoms with Crippen molar-refractivity contribution in [1.82, 2.24) is 15.1 Å². The first-order chi connectivity index (χ1) is 12.4. The molecular weight excluding hydrogens is 407 g/mol. The van der Waals surface area contributed by atoms with Crippen LogP contribution in [-0.4, -0.2) is 56.7 Å². The topological polar surface area (TPSA) is 69.3 Å². The van der Waals surface area contributed by atoms with E-state index in [1.165, 1.54) is 12.1 Å². The van der Waals surface area contributed by atoms with Crippen molar-refractivity contribution in [3.63, 3.8) is 0 Å². The largest absolute Gasteiger partial charge is 0.369 e. The molecule has 6 nitrogen and oxygen atoms in total. The molecule has 0 bridgehead atoms. The highest BCUT2D eigenvalue weighted by molar-refractivity contribution is 7.91. The average Bonchev–Trinajstić information content (AvgIpc) is 3.06. The summed E-state index contributed by atoms with van der Waals surface area (Å²) in [6, 6.07) is 12.0. The van der Waals surface area contributed by atoms with E-state index in [1.807, 2.05) is 18.2 Å². The first-order valence-corrected chi connectivity index (χ1v) is 10.2. The van der Waals surface area contributed by atoms with Crippen molar-refractivity contribution in [2.45, 2.75) is 9.92 Å². The van der Waals surface area contributed by atoms with E-state index in [9.17, 15) is 8.42 Å². The number of likely N-dealkylation sites (N-methyl/N-ethyl adjacent to an activating group) is 1. The van der Waals surface area contributed by atoms with Gasteiger partial charge >= 0.3 is 0 Å².